The summed E-state index contributed by atoms with van der Waals surface area (Å²) in [4.78, 5) is 18.8. The Hall–Kier alpha value is -3.52. The largest absolute Gasteiger partial charge is 0.493 e. The predicted molar refractivity (Wildman–Crippen MR) is 107 cm³/mol. The van der Waals surface area contributed by atoms with Gasteiger partial charge in [0.05, 0.1) is 18.4 Å². The average Bonchev–Trinajstić information content (AvgIpc) is 2.95. The molecular formula is C20H21N5O3. The summed E-state index contributed by atoms with van der Waals surface area (Å²) in [5, 5.41) is 22.6. The molecule has 2 aromatic carbocycles. The highest BCUT2D eigenvalue weighted by Crippen LogP contribution is 2.38. The molecule has 0 aliphatic carbocycles. The third-order valence-corrected chi connectivity index (χ3v) is 3.87. The number of rotatable bonds is 7. The first-order chi connectivity index (χ1) is 13.6. The van der Waals surface area contributed by atoms with Crippen LogP contribution < -0.4 is 0 Å². The fourth-order valence-electron chi connectivity index (χ4n) is 2.66. The third-order valence-electron chi connectivity index (χ3n) is 3.87. The first kappa shape index (κ1) is 19.2. The van der Waals surface area contributed by atoms with Crippen LogP contribution >= 0.6 is 0 Å². The highest BCUT2D eigenvalue weighted by molar-refractivity contribution is 5.95. The van der Waals surface area contributed by atoms with E-state index in [9.17, 15) is 9.90 Å². The Morgan fingerprint density at radius 2 is 1.86 bits per heavy atom. The van der Waals surface area contributed by atoms with Crippen molar-refractivity contribution in [2.45, 2.75) is 6.67 Å². The SMILES string of the molecule is CN(C)Cn1c(O)c(N=NC(=O)CO/N=C/c2ccccc2)c2ccccc21. The molecular weight excluding hydrogens is 358 g/mol. The summed E-state index contributed by atoms with van der Waals surface area (Å²) in [6.07, 6.45) is 1.51. The zero-order chi connectivity index (χ0) is 19.9. The van der Waals surface area contributed by atoms with Gasteiger partial charge in [0.15, 0.2) is 12.3 Å². The molecule has 1 aromatic heterocycles. The van der Waals surface area contributed by atoms with E-state index in [2.05, 4.69) is 15.4 Å². The second kappa shape index (κ2) is 8.92. The predicted octanol–water partition coefficient (Wildman–Crippen LogP) is 3.53. The van der Waals surface area contributed by atoms with E-state index < -0.39 is 5.91 Å². The molecule has 0 saturated carbocycles. The fourth-order valence-corrected chi connectivity index (χ4v) is 2.66. The molecule has 1 N–H and O–H groups in total. The van der Waals surface area contributed by atoms with Crippen LogP contribution in [0.25, 0.3) is 10.9 Å². The lowest BCUT2D eigenvalue weighted by Gasteiger charge is -2.12. The zero-order valence-corrected chi connectivity index (χ0v) is 15.7. The van der Waals surface area contributed by atoms with E-state index >= 15 is 0 Å². The van der Waals surface area contributed by atoms with E-state index in [1.54, 1.807) is 4.57 Å². The number of azo groups is 1. The molecule has 0 unspecified atom stereocenters. The first-order valence-electron chi connectivity index (χ1n) is 8.66. The standard InChI is InChI=1S/C20H21N5O3/c1-24(2)14-25-17-11-7-6-10-16(17)19(20(25)27)23-22-18(26)13-28-21-12-15-8-4-3-5-9-15/h3-12,27H,13-14H2,1-2H3/b21-12+,23-22?. The van der Waals surface area contributed by atoms with Crippen molar-refractivity contribution >= 4 is 28.7 Å². The number of para-hydroxylation sites is 1. The van der Waals surface area contributed by atoms with Gasteiger partial charge in [-0.15, -0.1) is 10.2 Å². The van der Waals surface area contributed by atoms with Gasteiger partial charge >= 0.3 is 5.91 Å². The lowest BCUT2D eigenvalue weighted by Crippen LogP contribution is -2.16. The number of aromatic nitrogens is 1. The lowest BCUT2D eigenvalue weighted by atomic mass is 10.2. The van der Waals surface area contributed by atoms with Gasteiger partial charge in [0.1, 0.15) is 0 Å². The molecule has 0 aliphatic rings. The van der Waals surface area contributed by atoms with Crippen LogP contribution in [0, 0.1) is 0 Å². The highest BCUT2D eigenvalue weighted by atomic mass is 16.6. The van der Waals surface area contributed by atoms with Crippen molar-refractivity contribution < 1.29 is 14.7 Å². The van der Waals surface area contributed by atoms with Crippen molar-refractivity contribution in [3.8, 4) is 5.88 Å². The van der Waals surface area contributed by atoms with E-state index in [0.717, 1.165) is 11.1 Å². The van der Waals surface area contributed by atoms with Gasteiger partial charge in [0.2, 0.25) is 5.88 Å². The Labute approximate surface area is 162 Å². The third kappa shape index (κ3) is 4.60. The quantitative estimate of drug-likeness (QED) is 0.386. The minimum absolute atomic E-state index is 0.0468. The Morgan fingerprint density at radius 3 is 2.61 bits per heavy atom. The van der Waals surface area contributed by atoms with Crippen LogP contribution in [0.5, 0.6) is 5.88 Å². The average molecular weight is 379 g/mol. The van der Waals surface area contributed by atoms with Gasteiger partial charge in [0.25, 0.3) is 0 Å². The second-order valence-electron chi connectivity index (χ2n) is 6.35. The number of carbonyl (C=O) groups excluding carboxylic acids is 1. The molecule has 0 bridgehead atoms. The molecule has 0 aliphatic heterocycles. The van der Waals surface area contributed by atoms with Gasteiger partial charge in [-0.25, -0.2) is 0 Å². The molecule has 28 heavy (non-hydrogen) atoms. The van der Waals surface area contributed by atoms with Crippen molar-refractivity contribution in [3.05, 3.63) is 60.2 Å². The van der Waals surface area contributed by atoms with Gasteiger partial charge in [-0.2, -0.15) is 0 Å². The molecule has 0 radical (unpaired) electrons. The molecule has 3 aromatic rings. The molecule has 8 nitrogen and oxygen atoms in total. The fraction of sp³-hybridized carbons (Fsp3) is 0.200. The number of nitrogens with zero attached hydrogens (tertiary/aromatic N) is 5. The van der Waals surface area contributed by atoms with Crippen molar-refractivity contribution in [1.29, 1.82) is 0 Å². The minimum atomic E-state index is -0.603. The summed E-state index contributed by atoms with van der Waals surface area (Å²) in [5.41, 5.74) is 1.91. The summed E-state index contributed by atoms with van der Waals surface area (Å²) in [5.74, 6) is -0.650. The van der Waals surface area contributed by atoms with Gasteiger partial charge in [-0.1, -0.05) is 53.7 Å². The number of oxime groups is 1. The van der Waals surface area contributed by atoms with Gasteiger partial charge in [0, 0.05) is 5.39 Å². The Bertz CT molecular complexity index is 1010. The maximum Gasteiger partial charge on any atom is 0.304 e. The Kier molecular flexibility index (Phi) is 6.13. The molecule has 0 spiro atoms. The molecule has 0 fully saturated rings. The molecule has 1 amide bonds. The monoisotopic (exact) mass is 379 g/mol. The van der Waals surface area contributed by atoms with Gasteiger partial charge < -0.3 is 9.94 Å². The van der Waals surface area contributed by atoms with Crippen LogP contribution in [0.15, 0.2) is 70.0 Å². The van der Waals surface area contributed by atoms with Crippen molar-refractivity contribution in [1.82, 2.24) is 9.47 Å². The number of hydrogen-bond acceptors (Lipinski definition) is 6. The smallest absolute Gasteiger partial charge is 0.304 e. The lowest BCUT2D eigenvalue weighted by molar-refractivity contribution is -0.122. The van der Waals surface area contributed by atoms with Gasteiger partial charge in [-0.05, 0) is 25.7 Å². The summed E-state index contributed by atoms with van der Waals surface area (Å²) in [6.45, 7) is 0.122. The van der Waals surface area contributed by atoms with Crippen LogP contribution in [0.1, 0.15) is 5.56 Å². The molecule has 3 rings (SSSR count). The first-order valence-corrected chi connectivity index (χ1v) is 8.66. The summed E-state index contributed by atoms with van der Waals surface area (Å²) < 4.78 is 1.70. The van der Waals surface area contributed by atoms with E-state index in [-0.39, 0.29) is 18.2 Å². The number of carbonyl (C=O) groups is 1. The number of aromatic hydroxyl groups is 1. The zero-order valence-electron chi connectivity index (χ0n) is 15.7. The van der Waals surface area contributed by atoms with E-state index in [0.29, 0.717) is 12.1 Å². The number of fused-ring (bicyclic) bond motifs is 1. The van der Waals surface area contributed by atoms with Crippen LogP contribution in [0.3, 0.4) is 0 Å². The van der Waals surface area contributed by atoms with Crippen molar-refractivity contribution in [2.24, 2.45) is 15.4 Å². The molecule has 8 heteroatoms. The molecule has 0 saturated heterocycles. The van der Waals surface area contributed by atoms with Crippen LogP contribution in [-0.2, 0) is 16.3 Å². The number of amides is 1. The van der Waals surface area contributed by atoms with Crippen LogP contribution in [0.2, 0.25) is 0 Å². The number of benzene rings is 2. The maximum absolute atomic E-state index is 11.9. The molecule has 144 valence electrons. The Morgan fingerprint density at radius 1 is 1.14 bits per heavy atom. The topological polar surface area (TPSA) is 91.8 Å². The summed E-state index contributed by atoms with van der Waals surface area (Å²) in [7, 11) is 3.79. The number of hydrogen-bond donors (Lipinski definition) is 1. The van der Waals surface area contributed by atoms with Crippen LogP contribution in [-0.4, -0.2) is 47.4 Å². The second-order valence-corrected chi connectivity index (χ2v) is 6.35. The minimum Gasteiger partial charge on any atom is -0.493 e. The highest BCUT2D eigenvalue weighted by Gasteiger charge is 2.17. The normalized spacial score (nSPS) is 11.8. The van der Waals surface area contributed by atoms with E-state index in [4.69, 9.17) is 4.84 Å². The van der Waals surface area contributed by atoms with Crippen molar-refractivity contribution in [2.75, 3.05) is 20.7 Å². The van der Waals surface area contributed by atoms with Crippen molar-refractivity contribution in [3.63, 3.8) is 0 Å². The maximum atomic E-state index is 11.9. The summed E-state index contributed by atoms with van der Waals surface area (Å²) >= 11 is 0. The van der Waals surface area contributed by atoms with Gasteiger partial charge in [-0.3, -0.25) is 14.3 Å². The summed E-state index contributed by atoms with van der Waals surface area (Å²) in [6, 6.07) is 16.8. The van der Waals surface area contributed by atoms with Crippen LogP contribution in [0.4, 0.5) is 5.69 Å². The molecule has 1 heterocycles. The Balaban J connectivity index is 1.69. The van der Waals surface area contributed by atoms with E-state index in [1.807, 2.05) is 73.6 Å². The van der Waals surface area contributed by atoms with E-state index in [1.165, 1.54) is 6.21 Å². The molecule has 0 atom stereocenters.